The van der Waals surface area contributed by atoms with Crippen molar-refractivity contribution in [1.82, 2.24) is 10.3 Å². The molecule has 1 aromatic carbocycles. The first-order chi connectivity index (χ1) is 10.7. The van der Waals surface area contributed by atoms with Gasteiger partial charge in [-0.25, -0.2) is 4.79 Å². The molecule has 2 rings (SSSR count). The zero-order valence-corrected chi connectivity index (χ0v) is 13.2. The van der Waals surface area contributed by atoms with Gasteiger partial charge in [-0.3, -0.25) is 4.98 Å². The minimum absolute atomic E-state index is 0.109. The molecule has 0 fully saturated rings. The Kier molecular flexibility index (Phi) is 6.86. The average molecular weight is 319 g/mol. The Morgan fingerprint density at radius 1 is 1.36 bits per heavy atom. The van der Waals surface area contributed by atoms with Crippen LogP contribution < -0.4 is 11.1 Å². The molecule has 5 nitrogen and oxygen atoms in total. The highest BCUT2D eigenvalue weighted by Gasteiger charge is 2.06. The van der Waals surface area contributed by atoms with Crippen LogP contribution in [0.4, 0.5) is 4.79 Å². The number of hydrogen-bond acceptors (Lipinski definition) is 5. The molecule has 0 spiro atoms. The molecule has 1 heterocycles. The molecule has 0 bridgehead atoms. The third kappa shape index (κ3) is 6.24. The SMILES string of the molecule is N[C@H](CCCNC(=O)OCc1cncs1)Cc1ccccc1. The van der Waals surface area contributed by atoms with Gasteiger partial charge in [0, 0.05) is 18.8 Å². The lowest BCUT2D eigenvalue weighted by molar-refractivity contribution is 0.140. The van der Waals surface area contributed by atoms with Crippen molar-refractivity contribution in [3.63, 3.8) is 0 Å². The molecular weight excluding hydrogens is 298 g/mol. The van der Waals surface area contributed by atoms with E-state index in [-0.39, 0.29) is 12.6 Å². The first kappa shape index (κ1) is 16.5. The standard InChI is InChI=1S/C16H21N3O2S/c17-14(9-13-5-2-1-3-6-13)7-4-8-19-16(20)21-11-15-10-18-12-22-15/h1-3,5-6,10,12,14H,4,7-9,11,17H2,(H,19,20)/t14-/m1/s1. The quantitative estimate of drug-likeness (QED) is 0.733. The van der Waals surface area contributed by atoms with E-state index in [0.29, 0.717) is 6.54 Å². The van der Waals surface area contributed by atoms with Gasteiger partial charge in [-0.05, 0) is 24.8 Å². The molecule has 6 heteroatoms. The summed E-state index contributed by atoms with van der Waals surface area (Å²) in [5.41, 5.74) is 9.05. The van der Waals surface area contributed by atoms with Gasteiger partial charge in [0.2, 0.25) is 0 Å². The summed E-state index contributed by atoms with van der Waals surface area (Å²) in [5.74, 6) is 0. The number of aromatic nitrogens is 1. The second kappa shape index (κ2) is 9.17. The molecule has 0 radical (unpaired) electrons. The fourth-order valence-corrected chi connectivity index (χ4v) is 2.58. The average Bonchev–Trinajstić information content (AvgIpc) is 3.04. The molecule has 22 heavy (non-hydrogen) atoms. The van der Waals surface area contributed by atoms with Crippen LogP contribution in [0, 0.1) is 0 Å². The summed E-state index contributed by atoms with van der Waals surface area (Å²) in [7, 11) is 0. The Morgan fingerprint density at radius 2 is 2.18 bits per heavy atom. The van der Waals surface area contributed by atoms with Crippen molar-refractivity contribution in [2.45, 2.75) is 31.9 Å². The molecule has 2 aromatic rings. The molecule has 0 saturated carbocycles. The van der Waals surface area contributed by atoms with Crippen molar-refractivity contribution in [3.05, 3.63) is 52.5 Å². The number of carbonyl (C=O) groups excluding carboxylic acids is 1. The summed E-state index contributed by atoms with van der Waals surface area (Å²) in [6.07, 6.45) is 3.86. The Labute approximate surface area is 134 Å². The van der Waals surface area contributed by atoms with E-state index in [1.807, 2.05) is 18.2 Å². The summed E-state index contributed by atoms with van der Waals surface area (Å²) < 4.78 is 5.08. The van der Waals surface area contributed by atoms with Gasteiger partial charge in [-0.2, -0.15) is 0 Å². The van der Waals surface area contributed by atoms with Crippen LogP contribution in [0.1, 0.15) is 23.3 Å². The van der Waals surface area contributed by atoms with Crippen LogP contribution >= 0.6 is 11.3 Å². The maximum Gasteiger partial charge on any atom is 0.407 e. The van der Waals surface area contributed by atoms with Gasteiger partial charge in [-0.15, -0.1) is 11.3 Å². The van der Waals surface area contributed by atoms with Gasteiger partial charge in [0.1, 0.15) is 6.61 Å². The number of nitrogens with one attached hydrogen (secondary N) is 1. The van der Waals surface area contributed by atoms with Gasteiger partial charge in [0.15, 0.2) is 0 Å². The van der Waals surface area contributed by atoms with Crippen LogP contribution in [0.25, 0.3) is 0 Å². The molecule has 1 atom stereocenters. The Bertz CT molecular complexity index is 546. The maximum absolute atomic E-state index is 11.5. The monoisotopic (exact) mass is 319 g/mol. The van der Waals surface area contributed by atoms with Crippen molar-refractivity contribution >= 4 is 17.4 Å². The number of nitrogens with zero attached hydrogens (tertiary/aromatic N) is 1. The Hall–Kier alpha value is -1.92. The van der Waals surface area contributed by atoms with Crippen LogP contribution in [0.5, 0.6) is 0 Å². The lowest BCUT2D eigenvalue weighted by Crippen LogP contribution is -2.28. The van der Waals surface area contributed by atoms with Gasteiger partial charge < -0.3 is 15.8 Å². The second-order valence-electron chi connectivity index (χ2n) is 5.06. The molecule has 118 valence electrons. The molecule has 0 aliphatic heterocycles. The largest absolute Gasteiger partial charge is 0.444 e. The summed E-state index contributed by atoms with van der Waals surface area (Å²) in [4.78, 5) is 16.3. The normalized spacial score (nSPS) is 11.9. The number of thiazole rings is 1. The number of carbonyl (C=O) groups is 1. The number of amides is 1. The molecule has 3 N–H and O–H groups in total. The lowest BCUT2D eigenvalue weighted by Gasteiger charge is -2.12. The van der Waals surface area contributed by atoms with E-state index in [1.54, 1.807) is 11.7 Å². The molecule has 0 unspecified atom stereocenters. The highest BCUT2D eigenvalue weighted by atomic mass is 32.1. The van der Waals surface area contributed by atoms with E-state index in [1.165, 1.54) is 16.9 Å². The summed E-state index contributed by atoms with van der Waals surface area (Å²) in [6, 6.07) is 10.3. The predicted octanol–water partition coefficient (Wildman–Crippen LogP) is 2.72. The van der Waals surface area contributed by atoms with E-state index < -0.39 is 6.09 Å². The third-order valence-electron chi connectivity index (χ3n) is 3.19. The number of nitrogens with two attached hydrogens (primary N) is 1. The van der Waals surface area contributed by atoms with Crippen LogP contribution in [-0.2, 0) is 17.8 Å². The Morgan fingerprint density at radius 3 is 2.91 bits per heavy atom. The van der Waals surface area contributed by atoms with Crippen molar-refractivity contribution < 1.29 is 9.53 Å². The topological polar surface area (TPSA) is 77.2 Å². The van der Waals surface area contributed by atoms with Crippen LogP contribution in [0.2, 0.25) is 0 Å². The van der Waals surface area contributed by atoms with Crippen molar-refractivity contribution in [1.29, 1.82) is 0 Å². The minimum Gasteiger partial charge on any atom is -0.444 e. The highest BCUT2D eigenvalue weighted by Crippen LogP contribution is 2.07. The highest BCUT2D eigenvalue weighted by molar-refractivity contribution is 7.09. The van der Waals surface area contributed by atoms with Crippen LogP contribution in [0.15, 0.2) is 42.0 Å². The van der Waals surface area contributed by atoms with Crippen LogP contribution in [-0.4, -0.2) is 23.7 Å². The van der Waals surface area contributed by atoms with Crippen LogP contribution in [0.3, 0.4) is 0 Å². The molecule has 1 aromatic heterocycles. The predicted molar refractivity (Wildman–Crippen MR) is 87.7 cm³/mol. The van der Waals surface area contributed by atoms with Gasteiger partial charge in [0.25, 0.3) is 0 Å². The molecule has 1 amide bonds. The fourth-order valence-electron chi connectivity index (χ4n) is 2.07. The van der Waals surface area contributed by atoms with E-state index in [2.05, 4.69) is 22.4 Å². The number of hydrogen-bond donors (Lipinski definition) is 2. The summed E-state index contributed by atoms with van der Waals surface area (Å²) in [5, 5.41) is 2.73. The fraction of sp³-hybridized carbons (Fsp3) is 0.375. The summed E-state index contributed by atoms with van der Waals surface area (Å²) in [6.45, 7) is 0.841. The first-order valence-electron chi connectivity index (χ1n) is 7.31. The van der Waals surface area contributed by atoms with E-state index in [0.717, 1.165) is 24.1 Å². The van der Waals surface area contributed by atoms with E-state index in [9.17, 15) is 4.79 Å². The molecule has 0 aliphatic rings. The minimum atomic E-state index is -0.398. The zero-order chi connectivity index (χ0) is 15.6. The number of benzene rings is 1. The Balaban J connectivity index is 1.53. The summed E-state index contributed by atoms with van der Waals surface area (Å²) >= 11 is 1.47. The first-order valence-corrected chi connectivity index (χ1v) is 8.19. The van der Waals surface area contributed by atoms with E-state index >= 15 is 0 Å². The van der Waals surface area contributed by atoms with E-state index in [4.69, 9.17) is 10.5 Å². The van der Waals surface area contributed by atoms with Crippen molar-refractivity contribution in [2.75, 3.05) is 6.54 Å². The smallest absolute Gasteiger partial charge is 0.407 e. The van der Waals surface area contributed by atoms with Crippen molar-refractivity contribution in [3.8, 4) is 0 Å². The number of rotatable bonds is 8. The van der Waals surface area contributed by atoms with Gasteiger partial charge >= 0.3 is 6.09 Å². The third-order valence-corrected chi connectivity index (χ3v) is 3.94. The number of ether oxygens (including phenoxy) is 1. The van der Waals surface area contributed by atoms with Gasteiger partial charge in [-0.1, -0.05) is 30.3 Å². The zero-order valence-electron chi connectivity index (χ0n) is 12.4. The number of alkyl carbamates (subject to hydrolysis) is 1. The lowest BCUT2D eigenvalue weighted by atomic mass is 10.0. The van der Waals surface area contributed by atoms with Gasteiger partial charge in [0.05, 0.1) is 10.4 Å². The maximum atomic E-state index is 11.5. The molecule has 0 aliphatic carbocycles. The van der Waals surface area contributed by atoms with Crippen molar-refractivity contribution in [2.24, 2.45) is 5.73 Å². The second-order valence-corrected chi connectivity index (χ2v) is 6.03. The molecular formula is C16H21N3O2S. The molecule has 0 saturated heterocycles.